The number of imidazole rings is 1. The zero-order chi connectivity index (χ0) is 11.8. The molecule has 0 aromatic carbocycles. The average molecular weight is 339 g/mol. The second-order valence-corrected chi connectivity index (χ2v) is 4.90. The predicted molar refractivity (Wildman–Crippen MR) is 73.7 cm³/mol. The van der Waals surface area contributed by atoms with E-state index in [0.29, 0.717) is 12.4 Å². The first-order valence-corrected chi connectivity index (χ1v) is 6.21. The number of hydrogen-bond donors (Lipinski definition) is 1. The van der Waals surface area contributed by atoms with Crippen LogP contribution in [-0.4, -0.2) is 19.2 Å². The fourth-order valence-corrected chi connectivity index (χ4v) is 2.12. The molecule has 6 heteroatoms. The van der Waals surface area contributed by atoms with Crippen LogP contribution in [0.2, 0.25) is 0 Å². The van der Waals surface area contributed by atoms with Crippen LogP contribution in [0.25, 0.3) is 5.65 Å². The number of nitrogens with zero attached hydrogens (tertiary/aromatic N) is 4. The summed E-state index contributed by atoms with van der Waals surface area (Å²) in [4.78, 5) is 4.50. The molecule has 17 heavy (non-hydrogen) atoms. The van der Waals surface area contributed by atoms with Gasteiger partial charge in [0.05, 0.1) is 22.0 Å². The van der Waals surface area contributed by atoms with Crippen LogP contribution in [0, 0.1) is 3.57 Å². The van der Waals surface area contributed by atoms with Crippen molar-refractivity contribution in [2.75, 3.05) is 5.73 Å². The molecule has 0 aliphatic rings. The summed E-state index contributed by atoms with van der Waals surface area (Å²) in [6.45, 7) is 0.594. The molecule has 0 atom stereocenters. The quantitative estimate of drug-likeness (QED) is 0.724. The molecule has 5 nitrogen and oxygen atoms in total. The van der Waals surface area contributed by atoms with Gasteiger partial charge in [0.1, 0.15) is 11.5 Å². The van der Waals surface area contributed by atoms with Crippen molar-refractivity contribution < 1.29 is 0 Å². The Bertz CT molecular complexity index is 636. The topological polar surface area (TPSA) is 61.1 Å². The molecule has 0 amide bonds. The minimum atomic E-state index is 0.594. The lowest BCUT2D eigenvalue weighted by Crippen LogP contribution is -2.06. The molecule has 0 spiro atoms. The van der Waals surface area contributed by atoms with E-state index in [9.17, 15) is 0 Å². The van der Waals surface area contributed by atoms with Gasteiger partial charge in [0, 0.05) is 12.4 Å². The standard InChI is InChI=1S/C11H10IN5/c12-9-5-14-17(11(9)13)7-8-6-16-4-2-1-3-10(16)15-8/h1-6H,7,13H2. The summed E-state index contributed by atoms with van der Waals surface area (Å²) < 4.78 is 4.70. The lowest BCUT2D eigenvalue weighted by Gasteiger charge is -2.00. The largest absolute Gasteiger partial charge is 0.383 e. The molecule has 0 aliphatic carbocycles. The van der Waals surface area contributed by atoms with Gasteiger partial charge < -0.3 is 10.1 Å². The number of rotatable bonds is 2. The number of nitrogens with two attached hydrogens (primary N) is 1. The number of anilines is 1. The summed E-state index contributed by atoms with van der Waals surface area (Å²) in [7, 11) is 0. The van der Waals surface area contributed by atoms with E-state index in [0.717, 1.165) is 14.9 Å². The number of fused-ring (bicyclic) bond motifs is 1. The smallest absolute Gasteiger partial charge is 0.137 e. The maximum atomic E-state index is 5.90. The lowest BCUT2D eigenvalue weighted by molar-refractivity contribution is 0.685. The number of pyridine rings is 1. The normalized spacial score (nSPS) is 11.1. The van der Waals surface area contributed by atoms with E-state index in [2.05, 4.69) is 32.7 Å². The molecular weight excluding hydrogens is 329 g/mol. The summed E-state index contributed by atoms with van der Waals surface area (Å²) in [5, 5.41) is 4.22. The molecule has 0 saturated heterocycles. The Morgan fingerprint density at radius 2 is 2.24 bits per heavy atom. The van der Waals surface area contributed by atoms with Crippen molar-refractivity contribution >= 4 is 34.1 Å². The van der Waals surface area contributed by atoms with Crippen molar-refractivity contribution in [3.05, 3.63) is 46.1 Å². The van der Waals surface area contributed by atoms with Crippen molar-refractivity contribution in [2.45, 2.75) is 6.54 Å². The molecule has 3 rings (SSSR count). The molecule has 3 heterocycles. The van der Waals surface area contributed by atoms with Crippen LogP contribution in [0.5, 0.6) is 0 Å². The van der Waals surface area contributed by atoms with Crippen molar-refractivity contribution in [1.29, 1.82) is 0 Å². The van der Waals surface area contributed by atoms with Gasteiger partial charge in [-0.3, -0.25) is 0 Å². The van der Waals surface area contributed by atoms with Gasteiger partial charge in [0.2, 0.25) is 0 Å². The van der Waals surface area contributed by atoms with Gasteiger partial charge in [-0.1, -0.05) is 6.07 Å². The first-order chi connectivity index (χ1) is 8.24. The lowest BCUT2D eigenvalue weighted by atomic mass is 10.5. The average Bonchev–Trinajstić information content (AvgIpc) is 2.87. The maximum Gasteiger partial charge on any atom is 0.137 e. The Morgan fingerprint density at radius 1 is 1.35 bits per heavy atom. The molecule has 2 N–H and O–H groups in total. The van der Waals surface area contributed by atoms with Gasteiger partial charge in [-0.05, 0) is 34.7 Å². The van der Waals surface area contributed by atoms with Gasteiger partial charge in [-0.25, -0.2) is 9.67 Å². The van der Waals surface area contributed by atoms with Crippen LogP contribution >= 0.6 is 22.6 Å². The highest BCUT2D eigenvalue weighted by molar-refractivity contribution is 14.1. The van der Waals surface area contributed by atoms with Crippen LogP contribution in [-0.2, 0) is 6.54 Å². The minimum absolute atomic E-state index is 0.594. The van der Waals surface area contributed by atoms with Gasteiger partial charge >= 0.3 is 0 Å². The van der Waals surface area contributed by atoms with Crippen LogP contribution in [0.15, 0.2) is 36.8 Å². The third-order valence-corrected chi connectivity index (χ3v) is 3.39. The molecule has 0 aliphatic heterocycles. The summed E-state index contributed by atoms with van der Waals surface area (Å²) in [6, 6.07) is 5.92. The predicted octanol–water partition coefficient (Wildman–Crippen LogP) is 1.77. The highest BCUT2D eigenvalue weighted by Crippen LogP contribution is 2.15. The van der Waals surface area contributed by atoms with Gasteiger partial charge in [0.25, 0.3) is 0 Å². The van der Waals surface area contributed by atoms with Crippen LogP contribution in [0.4, 0.5) is 5.82 Å². The Hall–Kier alpha value is -1.57. The summed E-state index contributed by atoms with van der Waals surface area (Å²) in [5.74, 6) is 0.683. The number of halogens is 1. The molecule has 86 valence electrons. The molecular formula is C11H10IN5. The zero-order valence-corrected chi connectivity index (χ0v) is 11.1. The van der Waals surface area contributed by atoms with E-state index >= 15 is 0 Å². The third kappa shape index (κ3) is 1.88. The van der Waals surface area contributed by atoms with Crippen molar-refractivity contribution in [1.82, 2.24) is 19.2 Å². The highest BCUT2D eigenvalue weighted by Gasteiger charge is 2.07. The van der Waals surface area contributed by atoms with E-state index in [1.54, 1.807) is 10.9 Å². The third-order valence-electron chi connectivity index (χ3n) is 2.56. The first kappa shape index (κ1) is 10.6. The molecule has 0 bridgehead atoms. The molecule has 0 radical (unpaired) electrons. The second-order valence-electron chi connectivity index (χ2n) is 3.73. The number of aromatic nitrogens is 4. The fraction of sp³-hybridized carbons (Fsp3) is 0.0909. The van der Waals surface area contributed by atoms with Gasteiger partial charge in [0.15, 0.2) is 0 Å². The highest BCUT2D eigenvalue weighted by atomic mass is 127. The van der Waals surface area contributed by atoms with Crippen LogP contribution < -0.4 is 5.73 Å². The van der Waals surface area contributed by atoms with Gasteiger partial charge in [-0.2, -0.15) is 5.10 Å². The molecule has 0 unspecified atom stereocenters. The summed E-state index contributed by atoms with van der Waals surface area (Å²) in [6.07, 6.45) is 5.72. The molecule has 3 aromatic heterocycles. The molecule has 0 fully saturated rings. The van der Waals surface area contributed by atoms with Crippen molar-refractivity contribution in [3.63, 3.8) is 0 Å². The van der Waals surface area contributed by atoms with Crippen molar-refractivity contribution in [2.24, 2.45) is 0 Å². The Labute approximate surface area is 111 Å². The van der Waals surface area contributed by atoms with E-state index in [1.807, 2.05) is 35.0 Å². The summed E-state index contributed by atoms with van der Waals surface area (Å²) >= 11 is 2.17. The van der Waals surface area contributed by atoms with Gasteiger partial charge in [-0.15, -0.1) is 0 Å². The van der Waals surface area contributed by atoms with E-state index < -0.39 is 0 Å². The molecule has 3 aromatic rings. The van der Waals surface area contributed by atoms with E-state index in [4.69, 9.17) is 5.73 Å². The SMILES string of the molecule is Nc1c(I)cnn1Cc1cn2ccccc2n1. The Kier molecular flexibility index (Phi) is 2.50. The zero-order valence-electron chi connectivity index (χ0n) is 8.92. The van der Waals surface area contributed by atoms with Crippen LogP contribution in [0.1, 0.15) is 5.69 Å². The van der Waals surface area contributed by atoms with Crippen LogP contribution in [0.3, 0.4) is 0 Å². The minimum Gasteiger partial charge on any atom is -0.383 e. The first-order valence-electron chi connectivity index (χ1n) is 5.13. The summed E-state index contributed by atoms with van der Waals surface area (Å²) in [5.41, 5.74) is 7.78. The molecule has 0 saturated carbocycles. The van der Waals surface area contributed by atoms with E-state index in [-0.39, 0.29) is 0 Å². The fourth-order valence-electron chi connectivity index (χ4n) is 1.71. The number of hydrogen-bond acceptors (Lipinski definition) is 3. The van der Waals surface area contributed by atoms with Crippen molar-refractivity contribution in [3.8, 4) is 0 Å². The monoisotopic (exact) mass is 339 g/mol. The van der Waals surface area contributed by atoms with E-state index in [1.165, 1.54) is 0 Å². The second kappa shape index (κ2) is 4.02. The number of nitrogen functional groups attached to an aromatic ring is 1. The maximum absolute atomic E-state index is 5.90. The Morgan fingerprint density at radius 3 is 2.94 bits per heavy atom. The Balaban J connectivity index is 1.97.